The molecule has 1 heterocycles. The summed E-state index contributed by atoms with van der Waals surface area (Å²) in [5.74, 6) is -2.22. The molecule has 0 aliphatic rings. The number of aromatic amines is 1. The van der Waals surface area contributed by atoms with E-state index in [1.165, 1.54) is 0 Å². The van der Waals surface area contributed by atoms with Crippen molar-refractivity contribution in [2.45, 2.75) is 19.4 Å². The van der Waals surface area contributed by atoms with E-state index in [0.717, 1.165) is 22.9 Å². The lowest BCUT2D eigenvalue weighted by Crippen LogP contribution is -2.17. The summed E-state index contributed by atoms with van der Waals surface area (Å²) in [4.78, 5) is 22.3. The molecule has 0 saturated heterocycles. The van der Waals surface area contributed by atoms with Crippen molar-refractivity contribution >= 4 is 22.8 Å². The average Bonchev–Trinajstić information content (AvgIpc) is 2.79. The number of aromatic nitrogens is 1. The minimum atomic E-state index is -1.26. The predicted molar refractivity (Wildman–Crippen MR) is 81.7 cm³/mol. The number of rotatable bonds is 4. The molecule has 0 unspecified atom stereocenters. The van der Waals surface area contributed by atoms with E-state index in [2.05, 4.69) is 4.98 Å². The summed E-state index contributed by atoms with van der Waals surface area (Å²) >= 11 is 0. The molecule has 22 heavy (non-hydrogen) atoms. The van der Waals surface area contributed by atoms with Crippen molar-refractivity contribution in [1.82, 2.24) is 4.98 Å². The van der Waals surface area contributed by atoms with Gasteiger partial charge in [0.2, 0.25) is 0 Å². The largest absolute Gasteiger partial charge is 0.508 e. The van der Waals surface area contributed by atoms with Crippen molar-refractivity contribution in [2.75, 3.05) is 0 Å². The number of nitrogens with one attached hydrogen (secondary N) is 1. The van der Waals surface area contributed by atoms with Crippen molar-refractivity contribution < 1.29 is 24.9 Å². The quantitative estimate of drug-likeness (QED) is 0.543. The molecule has 0 aliphatic carbocycles. The van der Waals surface area contributed by atoms with Gasteiger partial charge in [-0.1, -0.05) is 0 Å². The highest BCUT2D eigenvalue weighted by Gasteiger charge is 2.05. The lowest BCUT2D eigenvalue weighted by atomic mass is 10.1. The standard InChI is InChI=1S/C11H14N2O.C4H4O4/c1-7(12)4-8-6-13-11-3-2-9(14)5-10(8)11;5-3(6)1-2-4(7)8/h2-3,5-7,13-14H,4,12H2,1H3;1-2H,(H,5,6)(H,7,8)/b;2-1-/t7-;/m1./s1. The number of hydrogen-bond acceptors (Lipinski definition) is 4. The molecule has 1 aromatic carbocycles. The topological polar surface area (TPSA) is 137 Å². The first-order chi connectivity index (χ1) is 10.3. The Kier molecular flexibility index (Phi) is 6.15. The van der Waals surface area contributed by atoms with Crippen LogP contribution in [-0.2, 0) is 16.0 Å². The van der Waals surface area contributed by atoms with Gasteiger partial charge in [0.05, 0.1) is 0 Å². The third-order valence-electron chi connectivity index (χ3n) is 2.66. The lowest BCUT2D eigenvalue weighted by molar-refractivity contribution is -0.134. The molecule has 0 saturated carbocycles. The summed E-state index contributed by atoms with van der Waals surface area (Å²) in [5.41, 5.74) is 7.93. The smallest absolute Gasteiger partial charge is 0.328 e. The van der Waals surface area contributed by atoms with Gasteiger partial charge < -0.3 is 26.0 Å². The highest BCUT2D eigenvalue weighted by Crippen LogP contribution is 2.23. The Morgan fingerprint density at radius 2 is 1.86 bits per heavy atom. The maximum Gasteiger partial charge on any atom is 0.328 e. The van der Waals surface area contributed by atoms with Crippen LogP contribution in [-0.4, -0.2) is 38.3 Å². The Morgan fingerprint density at radius 3 is 2.36 bits per heavy atom. The Morgan fingerprint density at radius 1 is 1.27 bits per heavy atom. The molecule has 0 radical (unpaired) electrons. The normalized spacial score (nSPS) is 11.9. The maximum absolute atomic E-state index is 9.55. The van der Waals surface area contributed by atoms with Gasteiger partial charge >= 0.3 is 11.9 Å². The van der Waals surface area contributed by atoms with Gasteiger partial charge in [0.1, 0.15) is 5.75 Å². The Bertz CT molecular complexity index is 672. The molecule has 1 aromatic heterocycles. The fourth-order valence-electron chi connectivity index (χ4n) is 1.82. The zero-order chi connectivity index (χ0) is 16.7. The average molecular weight is 306 g/mol. The molecule has 7 nitrogen and oxygen atoms in total. The number of H-pyrrole nitrogens is 1. The second kappa shape index (κ2) is 7.84. The summed E-state index contributed by atoms with van der Waals surface area (Å²) in [7, 11) is 0. The summed E-state index contributed by atoms with van der Waals surface area (Å²) in [6.45, 7) is 1.97. The molecule has 0 aliphatic heterocycles. The molecule has 1 atom stereocenters. The van der Waals surface area contributed by atoms with Crippen molar-refractivity contribution in [2.24, 2.45) is 5.73 Å². The zero-order valence-corrected chi connectivity index (χ0v) is 12.0. The number of fused-ring (bicyclic) bond motifs is 1. The first-order valence-corrected chi connectivity index (χ1v) is 6.48. The molecule has 6 N–H and O–H groups in total. The second-order valence-corrected chi connectivity index (χ2v) is 4.74. The van der Waals surface area contributed by atoms with Gasteiger partial charge in [-0.05, 0) is 37.1 Å². The monoisotopic (exact) mass is 306 g/mol. The van der Waals surface area contributed by atoms with Gasteiger partial charge in [-0.25, -0.2) is 9.59 Å². The number of benzene rings is 1. The van der Waals surface area contributed by atoms with Gasteiger partial charge in [-0.15, -0.1) is 0 Å². The van der Waals surface area contributed by atoms with Crippen LogP contribution < -0.4 is 5.73 Å². The fraction of sp³-hybridized carbons (Fsp3) is 0.200. The lowest BCUT2D eigenvalue weighted by Gasteiger charge is -2.02. The van der Waals surface area contributed by atoms with Crippen molar-refractivity contribution in [1.29, 1.82) is 0 Å². The highest BCUT2D eigenvalue weighted by atomic mass is 16.4. The van der Waals surface area contributed by atoms with Crippen LogP contribution in [0.5, 0.6) is 5.75 Å². The van der Waals surface area contributed by atoms with E-state index in [4.69, 9.17) is 15.9 Å². The van der Waals surface area contributed by atoms with Crippen LogP contribution in [0.3, 0.4) is 0 Å². The number of aliphatic carboxylic acids is 2. The number of nitrogens with two attached hydrogens (primary N) is 1. The van der Waals surface area contributed by atoms with Gasteiger partial charge in [0.15, 0.2) is 0 Å². The number of aromatic hydroxyl groups is 1. The Labute approximate surface area is 126 Å². The molecular weight excluding hydrogens is 288 g/mol. The predicted octanol–water partition coefficient (Wildman–Crippen LogP) is 1.47. The molecular formula is C15H18N2O5. The molecule has 0 amide bonds. The van der Waals surface area contributed by atoms with E-state index in [1.54, 1.807) is 12.1 Å². The number of phenols is 1. The number of phenolic OH excluding ortho intramolecular Hbond substituents is 1. The third-order valence-corrected chi connectivity index (χ3v) is 2.66. The number of carboxylic acids is 2. The molecule has 2 rings (SSSR count). The third kappa shape index (κ3) is 5.68. The van der Waals surface area contributed by atoms with Gasteiger partial charge in [0.25, 0.3) is 0 Å². The van der Waals surface area contributed by atoms with Crippen molar-refractivity contribution in [3.63, 3.8) is 0 Å². The molecule has 0 fully saturated rings. The van der Waals surface area contributed by atoms with Crippen LogP contribution in [0.15, 0.2) is 36.5 Å². The first-order valence-electron chi connectivity index (χ1n) is 6.48. The van der Waals surface area contributed by atoms with Crippen LogP contribution in [0, 0.1) is 0 Å². The van der Waals surface area contributed by atoms with Crippen LogP contribution in [0.1, 0.15) is 12.5 Å². The van der Waals surface area contributed by atoms with E-state index < -0.39 is 11.9 Å². The second-order valence-electron chi connectivity index (χ2n) is 4.74. The summed E-state index contributed by atoms with van der Waals surface area (Å²) < 4.78 is 0. The molecule has 118 valence electrons. The molecule has 7 heteroatoms. The maximum atomic E-state index is 9.55. The summed E-state index contributed by atoms with van der Waals surface area (Å²) in [6.07, 6.45) is 3.89. The van der Waals surface area contributed by atoms with Gasteiger partial charge in [0, 0.05) is 35.3 Å². The Balaban J connectivity index is 0.000000261. The van der Waals surface area contributed by atoms with E-state index in [1.807, 2.05) is 19.2 Å². The summed E-state index contributed by atoms with van der Waals surface area (Å²) in [5, 5.41) is 26.0. The number of hydrogen-bond donors (Lipinski definition) is 5. The van der Waals surface area contributed by atoms with Crippen LogP contribution in [0.25, 0.3) is 10.9 Å². The van der Waals surface area contributed by atoms with Crippen molar-refractivity contribution in [3.8, 4) is 5.75 Å². The summed E-state index contributed by atoms with van der Waals surface area (Å²) in [6, 6.07) is 5.45. The number of carbonyl (C=O) groups is 2. The van der Waals surface area contributed by atoms with E-state index in [9.17, 15) is 14.7 Å². The van der Waals surface area contributed by atoms with Gasteiger partial charge in [-0.3, -0.25) is 0 Å². The van der Waals surface area contributed by atoms with Crippen LogP contribution in [0.4, 0.5) is 0 Å². The minimum Gasteiger partial charge on any atom is -0.508 e. The molecule has 2 aromatic rings. The van der Waals surface area contributed by atoms with E-state index in [0.29, 0.717) is 17.9 Å². The zero-order valence-electron chi connectivity index (χ0n) is 12.0. The molecule has 0 spiro atoms. The Hall–Kier alpha value is -2.80. The minimum absolute atomic E-state index is 0.136. The fourth-order valence-corrected chi connectivity index (χ4v) is 1.82. The van der Waals surface area contributed by atoms with E-state index in [-0.39, 0.29) is 6.04 Å². The number of carboxylic acid groups (broad SMARTS) is 2. The van der Waals surface area contributed by atoms with Crippen LogP contribution in [0.2, 0.25) is 0 Å². The first kappa shape index (κ1) is 17.3. The van der Waals surface area contributed by atoms with Gasteiger partial charge in [-0.2, -0.15) is 0 Å². The van der Waals surface area contributed by atoms with Crippen molar-refractivity contribution in [3.05, 3.63) is 42.1 Å². The molecule has 0 bridgehead atoms. The SMILES string of the molecule is C[C@@H](N)Cc1c[nH]c2ccc(O)cc12.O=C(O)/C=C\C(=O)O. The van der Waals surface area contributed by atoms with E-state index >= 15 is 0 Å². The highest BCUT2D eigenvalue weighted by molar-refractivity contribution is 5.89. The van der Waals surface area contributed by atoms with Crippen LogP contribution >= 0.6 is 0 Å².